The third-order valence-corrected chi connectivity index (χ3v) is 3.78. The van der Waals surface area contributed by atoms with Gasteiger partial charge in [-0.2, -0.15) is 0 Å². The third kappa shape index (κ3) is 5.55. The molecule has 0 aliphatic carbocycles. The Morgan fingerprint density at radius 2 is 2.05 bits per heavy atom. The lowest BCUT2D eigenvalue weighted by molar-refractivity contribution is -0.138. The lowest BCUT2D eigenvalue weighted by Gasteiger charge is -2.15. The predicted molar refractivity (Wildman–Crippen MR) is 80.0 cm³/mol. The summed E-state index contributed by atoms with van der Waals surface area (Å²) in [7, 11) is 0. The Bertz CT molecular complexity index is 476. The zero-order chi connectivity index (χ0) is 15.1. The maximum Gasteiger partial charge on any atom is 0.303 e. The molecule has 0 bridgehead atoms. The van der Waals surface area contributed by atoms with Crippen LogP contribution < -0.4 is 5.32 Å². The van der Waals surface area contributed by atoms with Crippen LogP contribution in [0.5, 0.6) is 0 Å². The number of aliphatic carboxylic acids is 1. The molecule has 1 atom stereocenters. The monoisotopic (exact) mass is 290 g/mol. The molecule has 1 heterocycles. The van der Waals surface area contributed by atoms with Crippen LogP contribution in [0, 0.1) is 5.92 Å². The van der Waals surface area contributed by atoms with E-state index in [9.17, 15) is 9.59 Å². The molecular weight excluding hydrogens is 268 g/mol. The number of carbonyl (C=O) groups excluding carboxylic acids is 1. The first-order valence-electron chi connectivity index (χ1n) is 7.38. The van der Waals surface area contributed by atoms with Crippen molar-refractivity contribution >= 4 is 11.9 Å². The van der Waals surface area contributed by atoms with E-state index in [2.05, 4.69) is 5.32 Å². The van der Waals surface area contributed by atoms with E-state index in [-0.39, 0.29) is 18.2 Å². The number of rotatable bonds is 7. The number of likely N-dealkylation sites (tertiary alicyclic amines) is 1. The molecule has 0 radical (unpaired) electrons. The number of nitrogens with one attached hydrogen (secondary N) is 1. The summed E-state index contributed by atoms with van der Waals surface area (Å²) in [6.07, 6.45) is 1.89. The Balaban J connectivity index is 1.63. The number of nitrogens with zero attached hydrogens (tertiary/aromatic N) is 1. The van der Waals surface area contributed by atoms with Crippen LogP contribution in [0.2, 0.25) is 0 Å². The molecule has 1 unspecified atom stereocenters. The third-order valence-electron chi connectivity index (χ3n) is 3.78. The fraction of sp³-hybridized carbons (Fsp3) is 0.500. The van der Waals surface area contributed by atoms with Crippen LogP contribution in [-0.4, -0.2) is 48.1 Å². The first-order valence-corrected chi connectivity index (χ1v) is 7.38. The van der Waals surface area contributed by atoms with E-state index in [0.717, 1.165) is 19.4 Å². The van der Waals surface area contributed by atoms with E-state index in [4.69, 9.17) is 5.11 Å². The number of hydrogen-bond donors (Lipinski definition) is 2. The Hall–Kier alpha value is -1.88. The Kier molecular flexibility index (Phi) is 5.75. The van der Waals surface area contributed by atoms with Crippen molar-refractivity contribution in [2.24, 2.45) is 5.92 Å². The lowest BCUT2D eigenvalue weighted by atomic mass is 10.1. The summed E-state index contributed by atoms with van der Waals surface area (Å²) in [4.78, 5) is 24.5. The van der Waals surface area contributed by atoms with Crippen molar-refractivity contribution in [2.75, 3.05) is 26.2 Å². The van der Waals surface area contributed by atoms with Crippen LogP contribution in [0.3, 0.4) is 0 Å². The Labute approximate surface area is 125 Å². The first kappa shape index (κ1) is 15.5. The van der Waals surface area contributed by atoms with Gasteiger partial charge in [0.2, 0.25) is 5.91 Å². The smallest absolute Gasteiger partial charge is 0.303 e. The highest BCUT2D eigenvalue weighted by Crippen LogP contribution is 2.18. The summed E-state index contributed by atoms with van der Waals surface area (Å²) in [5.74, 6) is -0.560. The number of hydrogen-bond acceptors (Lipinski definition) is 3. The van der Waals surface area contributed by atoms with E-state index < -0.39 is 5.97 Å². The Morgan fingerprint density at radius 1 is 1.29 bits per heavy atom. The number of benzene rings is 1. The zero-order valence-electron chi connectivity index (χ0n) is 12.1. The number of carbonyl (C=O) groups is 2. The lowest BCUT2D eigenvalue weighted by Crippen LogP contribution is -2.37. The summed E-state index contributed by atoms with van der Waals surface area (Å²) < 4.78 is 0. The molecule has 5 nitrogen and oxygen atoms in total. The zero-order valence-corrected chi connectivity index (χ0v) is 12.1. The second-order valence-electron chi connectivity index (χ2n) is 5.57. The minimum atomic E-state index is -0.755. The van der Waals surface area contributed by atoms with Crippen LogP contribution >= 0.6 is 0 Å². The van der Waals surface area contributed by atoms with E-state index in [1.807, 2.05) is 35.2 Å². The van der Waals surface area contributed by atoms with E-state index in [0.29, 0.717) is 19.6 Å². The van der Waals surface area contributed by atoms with Crippen LogP contribution in [0.1, 0.15) is 18.4 Å². The number of carboxylic acids is 1. The fourth-order valence-electron chi connectivity index (χ4n) is 2.72. The summed E-state index contributed by atoms with van der Waals surface area (Å²) in [6, 6.07) is 10.0. The molecular formula is C16H22N2O3. The summed E-state index contributed by atoms with van der Waals surface area (Å²) >= 11 is 0. The standard InChI is InChI=1S/C16H22N2O3/c19-15(17-8-6-13-4-2-1-3-5-13)12-18-9-7-14(11-18)10-16(20)21/h1-5,14H,6-12H2,(H,17,19)(H,20,21). The quantitative estimate of drug-likeness (QED) is 0.790. The molecule has 2 rings (SSSR count). The molecule has 1 aromatic carbocycles. The summed E-state index contributed by atoms with van der Waals surface area (Å²) in [5.41, 5.74) is 1.21. The van der Waals surface area contributed by atoms with Gasteiger partial charge in [0.1, 0.15) is 0 Å². The molecule has 21 heavy (non-hydrogen) atoms. The average molecular weight is 290 g/mol. The largest absolute Gasteiger partial charge is 0.481 e. The average Bonchev–Trinajstić information content (AvgIpc) is 2.86. The summed E-state index contributed by atoms with van der Waals surface area (Å²) in [6.45, 7) is 2.52. The number of carboxylic acid groups (broad SMARTS) is 1. The highest BCUT2D eigenvalue weighted by atomic mass is 16.4. The SMILES string of the molecule is O=C(O)CC1CCN(CC(=O)NCCc2ccccc2)C1. The second kappa shape index (κ2) is 7.78. The van der Waals surface area contributed by atoms with Crippen molar-refractivity contribution in [1.29, 1.82) is 0 Å². The first-order chi connectivity index (χ1) is 10.1. The van der Waals surface area contributed by atoms with E-state index >= 15 is 0 Å². The van der Waals surface area contributed by atoms with Gasteiger partial charge >= 0.3 is 5.97 Å². The van der Waals surface area contributed by atoms with E-state index in [1.165, 1.54) is 5.56 Å². The molecule has 0 saturated carbocycles. The number of amides is 1. The van der Waals surface area contributed by atoms with E-state index in [1.54, 1.807) is 0 Å². The van der Waals surface area contributed by atoms with Gasteiger partial charge in [-0.25, -0.2) is 0 Å². The maximum atomic E-state index is 11.8. The van der Waals surface area contributed by atoms with Crippen molar-refractivity contribution in [3.8, 4) is 0 Å². The van der Waals surface area contributed by atoms with Gasteiger partial charge in [0.25, 0.3) is 0 Å². The van der Waals surface area contributed by atoms with Gasteiger partial charge in [-0.1, -0.05) is 30.3 Å². The summed E-state index contributed by atoms with van der Waals surface area (Å²) in [5, 5.41) is 11.7. The molecule has 1 amide bonds. The van der Waals surface area contributed by atoms with Crippen molar-refractivity contribution < 1.29 is 14.7 Å². The van der Waals surface area contributed by atoms with Gasteiger partial charge < -0.3 is 10.4 Å². The molecule has 1 aromatic rings. The molecule has 0 spiro atoms. The molecule has 1 saturated heterocycles. The molecule has 5 heteroatoms. The van der Waals surface area contributed by atoms with Gasteiger partial charge in [-0.05, 0) is 30.9 Å². The van der Waals surface area contributed by atoms with Crippen molar-refractivity contribution in [2.45, 2.75) is 19.3 Å². The van der Waals surface area contributed by atoms with Crippen molar-refractivity contribution in [1.82, 2.24) is 10.2 Å². The molecule has 1 aliphatic heterocycles. The second-order valence-corrected chi connectivity index (χ2v) is 5.57. The molecule has 1 aliphatic rings. The molecule has 2 N–H and O–H groups in total. The van der Waals surface area contributed by atoms with Crippen molar-refractivity contribution in [3.63, 3.8) is 0 Å². The predicted octanol–water partition coefficient (Wildman–Crippen LogP) is 1.14. The van der Waals surface area contributed by atoms with Crippen LogP contribution in [0.4, 0.5) is 0 Å². The van der Waals surface area contributed by atoms with Crippen molar-refractivity contribution in [3.05, 3.63) is 35.9 Å². The minimum absolute atomic E-state index is 0.0157. The van der Waals surface area contributed by atoms with Crippen LogP contribution in [0.25, 0.3) is 0 Å². The van der Waals surface area contributed by atoms with Crippen LogP contribution in [-0.2, 0) is 16.0 Å². The van der Waals surface area contributed by atoms with Gasteiger partial charge in [0, 0.05) is 19.5 Å². The van der Waals surface area contributed by atoms with Gasteiger partial charge in [-0.3, -0.25) is 14.5 Å². The topological polar surface area (TPSA) is 69.6 Å². The molecule has 1 fully saturated rings. The van der Waals surface area contributed by atoms with Crippen LogP contribution in [0.15, 0.2) is 30.3 Å². The minimum Gasteiger partial charge on any atom is -0.481 e. The highest BCUT2D eigenvalue weighted by molar-refractivity contribution is 5.78. The van der Waals surface area contributed by atoms with Gasteiger partial charge in [0.15, 0.2) is 0 Å². The highest BCUT2D eigenvalue weighted by Gasteiger charge is 2.25. The van der Waals surface area contributed by atoms with Gasteiger partial charge in [0.05, 0.1) is 6.54 Å². The normalized spacial score (nSPS) is 18.6. The molecule has 114 valence electrons. The van der Waals surface area contributed by atoms with Gasteiger partial charge in [-0.15, -0.1) is 0 Å². The Morgan fingerprint density at radius 3 is 2.76 bits per heavy atom. The molecule has 0 aromatic heterocycles. The maximum absolute atomic E-state index is 11.8. The fourth-order valence-corrected chi connectivity index (χ4v) is 2.72.